The molecular weight excluding hydrogens is 148 g/mol. The van der Waals surface area contributed by atoms with Crippen molar-refractivity contribution in [2.45, 2.75) is 31.8 Å². The normalized spacial score (nSPS) is 36.0. The fraction of sp³-hybridized carbons (Fsp3) is 1.00. The van der Waals surface area contributed by atoms with Gasteiger partial charge in [-0.2, -0.15) is 0 Å². The van der Waals surface area contributed by atoms with E-state index in [1.54, 1.807) is 13.8 Å². The molecule has 0 aromatic carbocycles. The summed E-state index contributed by atoms with van der Waals surface area (Å²) in [7, 11) is 0. The van der Waals surface area contributed by atoms with Gasteiger partial charge < -0.3 is 19.7 Å². The Morgan fingerprint density at radius 3 is 1.73 bits per heavy atom. The van der Waals surface area contributed by atoms with Gasteiger partial charge in [-0.15, -0.1) is 0 Å². The van der Waals surface area contributed by atoms with Crippen molar-refractivity contribution in [3.05, 3.63) is 0 Å². The van der Waals surface area contributed by atoms with Crippen molar-refractivity contribution in [1.82, 2.24) is 0 Å². The molecule has 0 aliphatic carbocycles. The van der Waals surface area contributed by atoms with E-state index in [9.17, 15) is 0 Å². The molecule has 0 bridgehead atoms. The van der Waals surface area contributed by atoms with E-state index in [0.29, 0.717) is 0 Å². The third kappa shape index (κ3) is 1.90. The minimum Gasteiger partial charge on any atom is -0.394 e. The van der Waals surface area contributed by atoms with Crippen LogP contribution in [0.4, 0.5) is 0 Å². The van der Waals surface area contributed by atoms with Gasteiger partial charge in [0.05, 0.1) is 13.2 Å². The number of ether oxygens (including phenoxy) is 2. The van der Waals surface area contributed by atoms with Gasteiger partial charge in [0.2, 0.25) is 0 Å². The van der Waals surface area contributed by atoms with E-state index in [1.807, 2.05) is 0 Å². The molecule has 4 heteroatoms. The summed E-state index contributed by atoms with van der Waals surface area (Å²) in [4.78, 5) is 0. The van der Waals surface area contributed by atoms with E-state index in [0.717, 1.165) is 0 Å². The molecule has 1 fully saturated rings. The van der Waals surface area contributed by atoms with E-state index in [-0.39, 0.29) is 13.2 Å². The van der Waals surface area contributed by atoms with E-state index < -0.39 is 18.0 Å². The Hall–Kier alpha value is -0.160. The molecule has 0 spiro atoms. The Morgan fingerprint density at radius 2 is 1.45 bits per heavy atom. The van der Waals surface area contributed by atoms with Crippen LogP contribution in [0, 0.1) is 0 Å². The summed E-state index contributed by atoms with van der Waals surface area (Å²) in [6, 6.07) is 0. The number of hydrogen-bond donors (Lipinski definition) is 2. The van der Waals surface area contributed by atoms with Crippen LogP contribution in [-0.4, -0.2) is 41.4 Å². The lowest BCUT2D eigenvalue weighted by molar-refractivity contribution is -0.151. The highest BCUT2D eigenvalue weighted by Gasteiger charge is 2.40. The predicted molar refractivity (Wildman–Crippen MR) is 38.0 cm³/mol. The quantitative estimate of drug-likeness (QED) is 0.574. The molecule has 0 aromatic heterocycles. The molecule has 0 aromatic rings. The van der Waals surface area contributed by atoms with Crippen LogP contribution in [0.25, 0.3) is 0 Å². The second-order valence-corrected chi connectivity index (χ2v) is 3.08. The van der Waals surface area contributed by atoms with Crippen molar-refractivity contribution in [3.63, 3.8) is 0 Å². The van der Waals surface area contributed by atoms with Crippen molar-refractivity contribution < 1.29 is 19.7 Å². The van der Waals surface area contributed by atoms with Crippen molar-refractivity contribution in [2.24, 2.45) is 0 Å². The Balaban J connectivity index is 2.55. The van der Waals surface area contributed by atoms with Gasteiger partial charge in [0.15, 0.2) is 5.79 Å². The maximum absolute atomic E-state index is 8.78. The molecule has 11 heavy (non-hydrogen) atoms. The molecule has 2 atom stereocenters. The molecule has 1 saturated heterocycles. The van der Waals surface area contributed by atoms with Crippen molar-refractivity contribution in [2.75, 3.05) is 13.2 Å². The summed E-state index contributed by atoms with van der Waals surface area (Å²) in [5, 5.41) is 17.6. The van der Waals surface area contributed by atoms with E-state index in [1.165, 1.54) is 0 Å². The van der Waals surface area contributed by atoms with Crippen LogP contribution in [0.15, 0.2) is 0 Å². The summed E-state index contributed by atoms with van der Waals surface area (Å²) >= 11 is 0. The lowest BCUT2D eigenvalue weighted by atomic mass is 10.2. The maximum Gasteiger partial charge on any atom is 0.163 e. The lowest BCUT2D eigenvalue weighted by Gasteiger charge is -2.16. The van der Waals surface area contributed by atoms with Crippen molar-refractivity contribution in [3.8, 4) is 0 Å². The van der Waals surface area contributed by atoms with Crippen LogP contribution in [0.1, 0.15) is 13.8 Å². The zero-order valence-electron chi connectivity index (χ0n) is 6.78. The standard InChI is InChI=1S/C7H14O4/c1-7(2)10-5(3-8)6(4-9)11-7/h5-6,8-9H,3-4H2,1-2H3. The summed E-state index contributed by atoms with van der Waals surface area (Å²) in [6.45, 7) is 3.28. The zero-order chi connectivity index (χ0) is 8.48. The highest BCUT2D eigenvalue weighted by molar-refractivity contribution is 4.79. The molecule has 4 nitrogen and oxygen atoms in total. The number of rotatable bonds is 2. The summed E-state index contributed by atoms with van der Waals surface area (Å²) in [6.07, 6.45) is -0.787. The molecule has 2 unspecified atom stereocenters. The van der Waals surface area contributed by atoms with Crippen molar-refractivity contribution in [1.29, 1.82) is 0 Å². The third-order valence-corrected chi connectivity index (χ3v) is 1.64. The Bertz CT molecular complexity index is 120. The summed E-state index contributed by atoms with van der Waals surface area (Å²) < 4.78 is 10.5. The highest BCUT2D eigenvalue weighted by Crippen LogP contribution is 2.27. The van der Waals surface area contributed by atoms with Gasteiger partial charge in [-0.05, 0) is 13.8 Å². The molecule has 66 valence electrons. The average molecular weight is 162 g/mol. The average Bonchev–Trinajstić information content (AvgIpc) is 2.25. The fourth-order valence-corrected chi connectivity index (χ4v) is 1.22. The minimum atomic E-state index is -0.680. The van der Waals surface area contributed by atoms with Crippen molar-refractivity contribution >= 4 is 0 Å². The second-order valence-electron chi connectivity index (χ2n) is 3.08. The van der Waals surface area contributed by atoms with E-state index in [4.69, 9.17) is 19.7 Å². The third-order valence-electron chi connectivity index (χ3n) is 1.64. The molecule has 0 radical (unpaired) electrons. The van der Waals surface area contributed by atoms with Gasteiger partial charge in [-0.3, -0.25) is 0 Å². The van der Waals surface area contributed by atoms with E-state index in [2.05, 4.69) is 0 Å². The molecule has 2 N–H and O–H groups in total. The SMILES string of the molecule is CC1(C)OC(CO)C(CO)O1. The Labute approximate surface area is 65.7 Å². The fourth-order valence-electron chi connectivity index (χ4n) is 1.22. The highest BCUT2D eigenvalue weighted by atomic mass is 16.8. The first-order valence-electron chi connectivity index (χ1n) is 3.66. The Morgan fingerprint density at radius 1 is 1.09 bits per heavy atom. The van der Waals surface area contributed by atoms with Gasteiger partial charge in [-0.1, -0.05) is 0 Å². The molecule has 0 saturated carbocycles. The lowest BCUT2D eigenvalue weighted by Crippen LogP contribution is -2.29. The first-order chi connectivity index (χ1) is 5.09. The van der Waals surface area contributed by atoms with Gasteiger partial charge in [0.25, 0.3) is 0 Å². The van der Waals surface area contributed by atoms with Crippen LogP contribution in [0.3, 0.4) is 0 Å². The predicted octanol–water partition coefficient (Wildman–Crippen LogP) is -0.509. The second kappa shape index (κ2) is 3.06. The number of hydrogen-bond acceptors (Lipinski definition) is 4. The van der Waals surface area contributed by atoms with Gasteiger partial charge in [0, 0.05) is 0 Å². The van der Waals surface area contributed by atoms with E-state index >= 15 is 0 Å². The van der Waals surface area contributed by atoms with Gasteiger partial charge >= 0.3 is 0 Å². The maximum atomic E-state index is 8.78. The zero-order valence-corrected chi connectivity index (χ0v) is 6.78. The molecule has 1 aliphatic rings. The van der Waals surface area contributed by atoms with Crippen LogP contribution in [0.2, 0.25) is 0 Å². The summed E-state index contributed by atoms with van der Waals surface area (Å²) in [5.41, 5.74) is 0. The molecule has 0 amide bonds. The largest absolute Gasteiger partial charge is 0.394 e. The molecule has 1 rings (SSSR count). The van der Waals surface area contributed by atoms with Crippen LogP contribution in [-0.2, 0) is 9.47 Å². The molecule has 1 heterocycles. The molecule has 1 aliphatic heterocycles. The number of aliphatic hydroxyl groups is 2. The monoisotopic (exact) mass is 162 g/mol. The first kappa shape index (κ1) is 8.93. The topological polar surface area (TPSA) is 58.9 Å². The first-order valence-corrected chi connectivity index (χ1v) is 3.66. The number of aliphatic hydroxyl groups excluding tert-OH is 2. The van der Waals surface area contributed by atoms with Crippen LogP contribution >= 0.6 is 0 Å². The van der Waals surface area contributed by atoms with Gasteiger partial charge in [0.1, 0.15) is 12.2 Å². The summed E-state index contributed by atoms with van der Waals surface area (Å²) in [5.74, 6) is -0.680. The van der Waals surface area contributed by atoms with Crippen LogP contribution in [0.5, 0.6) is 0 Å². The Kier molecular flexibility index (Phi) is 2.49. The van der Waals surface area contributed by atoms with Gasteiger partial charge in [-0.25, -0.2) is 0 Å². The smallest absolute Gasteiger partial charge is 0.163 e. The minimum absolute atomic E-state index is 0.116. The van der Waals surface area contributed by atoms with Crippen LogP contribution < -0.4 is 0 Å². The molecular formula is C7H14O4.